The molecule has 1 aromatic heterocycles. The first kappa shape index (κ1) is 14.0. The average molecular weight is 295 g/mol. The van der Waals surface area contributed by atoms with Crippen LogP contribution in [-0.2, 0) is 6.54 Å². The number of benzene rings is 1. The molecular formula is C11H11ClN6O2. The van der Waals surface area contributed by atoms with Crippen LogP contribution in [0.3, 0.4) is 0 Å². The van der Waals surface area contributed by atoms with Gasteiger partial charge in [0.2, 0.25) is 11.6 Å². The van der Waals surface area contributed by atoms with Gasteiger partial charge in [-0.05, 0) is 11.6 Å². The molecule has 0 aliphatic rings. The van der Waals surface area contributed by atoms with Crippen LogP contribution in [0, 0.1) is 10.1 Å². The molecule has 0 aliphatic heterocycles. The molecule has 0 amide bonds. The highest BCUT2D eigenvalue weighted by molar-refractivity contribution is 6.31. The molecule has 0 bridgehead atoms. The number of anilines is 2. The number of hydrogen-bond acceptors (Lipinski definition) is 7. The fraction of sp³-hybridized carbons (Fsp3) is 0.0909. The Labute approximate surface area is 119 Å². The number of aromatic nitrogens is 2. The number of rotatable bonds is 5. The van der Waals surface area contributed by atoms with E-state index in [4.69, 9.17) is 17.4 Å². The van der Waals surface area contributed by atoms with Gasteiger partial charge in [-0.25, -0.2) is 15.8 Å². The molecule has 4 N–H and O–H groups in total. The smallest absolute Gasteiger partial charge is 0.354 e. The van der Waals surface area contributed by atoms with Gasteiger partial charge in [-0.2, -0.15) is 0 Å². The average Bonchev–Trinajstić information content (AvgIpc) is 2.45. The normalized spacial score (nSPS) is 10.1. The van der Waals surface area contributed by atoms with E-state index in [1.165, 1.54) is 6.33 Å². The summed E-state index contributed by atoms with van der Waals surface area (Å²) in [6.07, 6.45) is 1.18. The third-order valence-corrected chi connectivity index (χ3v) is 2.91. The highest BCUT2D eigenvalue weighted by Gasteiger charge is 2.22. The number of hydrogen-bond donors (Lipinski definition) is 3. The summed E-state index contributed by atoms with van der Waals surface area (Å²) >= 11 is 6.01. The van der Waals surface area contributed by atoms with Crippen LogP contribution in [0.5, 0.6) is 0 Å². The van der Waals surface area contributed by atoms with Crippen molar-refractivity contribution in [3.8, 4) is 0 Å². The first-order chi connectivity index (χ1) is 9.63. The maximum Gasteiger partial charge on any atom is 0.354 e. The minimum atomic E-state index is -0.607. The van der Waals surface area contributed by atoms with Gasteiger partial charge in [0.05, 0.1) is 4.92 Å². The third kappa shape index (κ3) is 2.92. The molecule has 9 heteroatoms. The Morgan fingerprint density at radius 1 is 1.30 bits per heavy atom. The lowest BCUT2D eigenvalue weighted by atomic mass is 10.2. The number of hydrazine groups is 1. The summed E-state index contributed by atoms with van der Waals surface area (Å²) in [6, 6.07) is 7.17. The second kappa shape index (κ2) is 6.13. The van der Waals surface area contributed by atoms with Crippen LogP contribution in [0.2, 0.25) is 5.02 Å². The molecule has 0 atom stereocenters. The van der Waals surface area contributed by atoms with E-state index in [0.29, 0.717) is 11.6 Å². The van der Waals surface area contributed by atoms with Crippen LogP contribution in [-0.4, -0.2) is 14.9 Å². The summed E-state index contributed by atoms with van der Waals surface area (Å²) in [7, 11) is 0. The van der Waals surface area contributed by atoms with Crippen molar-refractivity contribution in [2.75, 3.05) is 10.7 Å². The van der Waals surface area contributed by atoms with Gasteiger partial charge >= 0.3 is 5.69 Å². The zero-order valence-electron chi connectivity index (χ0n) is 10.2. The van der Waals surface area contributed by atoms with Gasteiger partial charge in [-0.15, -0.1) is 0 Å². The van der Waals surface area contributed by atoms with Gasteiger partial charge in [-0.3, -0.25) is 10.1 Å². The number of nitrogens with one attached hydrogen (secondary N) is 2. The largest absolute Gasteiger partial charge is 0.360 e. The van der Waals surface area contributed by atoms with E-state index in [1.807, 2.05) is 12.1 Å². The molecule has 1 aromatic carbocycles. The highest BCUT2D eigenvalue weighted by atomic mass is 35.5. The van der Waals surface area contributed by atoms with Crippen LogP contribution < -0.4 is 16.6 Å². The van der Waals surface area contributed by atoms with Crippen molar-refractivity contribution in [1.29, 1.82) is 0 Å². The maximum absolute atomic E-state index is 11.0. The lowest BCUT2D eigenvalue weighted by Crippen LogP contribution is -2.13. The molecule has 104 valence electrons. The zero-order valence-corrected chi connectivity index (χ0v) is 11.0. The van der Waals surface area contributed by atoms with E-state index < -0.39 is 4.92 Å². The van der Waals surface area contributed by atoms with E-state index in [-0.39, 0.29) is 17.3 Å². The van der Waals surface area contributed by atoms with E-state index in [1.54, 1.807) is 12.1 Å². The molecule has 0 saturated heterocycles. The van der Waals surface area contributed by atoms with Crippen molar-refractivity contribution in [1.82, 2.24) is 9.97 Å². The fourth-order valence-electron chi connectivity index (χ4n) is 1.61. The predicted molar refractivity (Wildman–Crippen MR) is 75.3 cm³/mol. The standard InChI is InChI=1S/C11H11ClN6O2/c12-8-4-2-1-3-7(8)5-14-10-9(18(19)20)11(17-13)16-6-15-10/h1-4,6H,5,13H2,(H2,14,15,16,17). The van der Waals surface area contributed by atoms with E-state index in [2.05, 4.69) is 20.7 Å². The Balaban J connectivity index is 2.26. The minimum absolute atomic E-state index is 0.0633. The Kier molecular flexibility index (Phi) is 4.28. The molecule has 1 heterocycles. The molecule has 8 nitrogen and oxygen atoms in total. The monoisotopic (exact) mass is 294 g/mol. The van der Waals surface area contributed by atoms with Gasteiger partial charge in [-0.1, -0.05) is 29.8 Å². The highest BCUT2D eigenvalue weighted by Crippen LogP contribution is 2.28. The summed E-state index contributed by atoms with van der Waals surface area (Å²) in [5.74, 6) is 5.20. The van der Waals surface area contributed by atoms with Gasteiger partial charge in [0.15, 0.2) is 0 Å². The Hall–Kier alpha value is -2.45. The number of halogens is 1. The summed E-state index contributed by atoms with van der Waals surface area (Å²) in [6.45, 7) is 0.293. The maximum atomic E-state index is 11.0. The molecule has 2 aromatic rings. The Bertz CT molecular complexity index is 636. The summed E-state index contributed by atoms with van der Waals surface area (Å²) in [5.41, 5.74) is 2.65. The molecule has 0 unspecified atom stereocenters. The lowest BCUT2D eigenvalue weighted by Gasteiger charge is -2.09. The van der Waals surface area contributed by atoms with Gasteiger partial charge < -0.3 is 10.7 Å². The number of nitrogen functional groups attached to an aromatic ring is 1. The number of nitro groups is 1. The number of nitrogens with zero attached hydrogens (tertiary/aromatic N) is 3. The van der Waals surface area contributed by atoms with Crippen LogP contribution >= 0.6 is 11.6 Å². The quantitative estimate of drug-likeness (QED) is 0.438. The van der Waals surface area contributed by atoms with Crippen molar-refractivity contribution in [3.63, 3.8) is 0 Å². The molecule has 0 saturated carbocycles. The van der Waals surface area contributed by atoms with Crippen LogP contribution in [0.4, 0.5) is 17.3 Å². The van der Waals surface area contributed by atoms with Crippen LogP contribution in [0.1, 0.15) is 5.56 Å². The predicted octanol–water partition coefficient (Wildman–Crippen LogP) is 1.94. The Morgan fingerprint density at radius 3 is 2.65 bits per heavy atom. The summed E-state index contributed by atoms with van der Waals surface area (Å²) < 4.78 is 0. The van der Waals surface area contributed by atoms with Crippen LogP contribution in [0.25, 0.3) is 0 Å². The molecule has 2 rings (SSSR count). The van der Waals surface area contributed by atoms with Gasteiger partial charge in [0.1, 0.15) is 6.33 Å². The molecule has 0 aliphatic carbocycles. The third-order valence-electron chi connectivity index (χ3n) is 2.55. The first-order valence-electron chi connectivity index (χ1n) is 5.56. The molecule has 0 radical (unpaired) electrons. The van der Waals surface area contributed by atoms with E-state index in [9.17, 15) is 10.1 Å². The van der Waals surface area contributed by atoms with E-state index >= 15 is 0 Å². The summed E-state index contributed by atoms with van der Waals surface area (Å²) in [5, 5.41) is 14.5. The second-order valence-electron chi connectivity index (χ2n) is 3.77. The van der Waals surface area contributed by atoms with Crippen molar-refractivity contribution < 1.29 is 4.92 Å². The molecular weight excluding hydrogens is 284 g/mol. The zero-order chi connectivity index (χ0) is 14.5. The topological polar surface area (TPSA) is 119 Å². The van der Waals surface area contributed by atoms with Crippen molar-refractivity contribution in [2.24, 2.45) is 5.84 Å². The van der Waals surface area contributed by atoms with Crippen molar-refractivity contribution in [2.45, 2.75) is 6.54 Å². The van der Waals surface area contributed by atoms with Gasteiger partial charge in [0, 0.05) is 11.6 Å². The first-order valence-corrected chi connectivity index (χ1v) is 5.94. The van der Waals surface area contributed by atoms with Crippen molar-refractivity contribution in [3.05, 3.63) is 51.3 Å². The van der Waals surface area contributed by atoms with Gasteiger partial charge in [0.25, 0.3) is 0 Å². The second-order valence-corrected chi connectivity index (χ2v) is 4.17. The molecule has 0 spiro atoms. The van der Waals surface area contributed by atoms with E-state index in [0.717, 1.165) is 5.56 Å². The summed E-state index contributed by atoms with van der Waals surface area (Å²) in [4.78, 5) is 18.0. The molecule has 20 heavy (non-hydrogen) atoms. The number of nitrogens with two attached hydrogens (primary N) is 1. The SMILES string of the molecule is NNc1ncnc(NCc2ccccc2Cl)c1[N+](=O)[O-]. The Morgan fingerprint density at radius 2 is 2.00 bits per heavy atom. The minimum Gasteiger partial charge on any atom is -0.360 e. The lowest BCUT2D eigenvalue weighted by molar-refractivity contribution is -0.383. The molecule has 0 fully saturated rings. The fourth-order valence-corrected chi connectivity index (χ4v) is 1.81. The van der Waals surface area contributed by atoms with Crippen LogP contribution in [0.15, 0.2) is 30.6 Å². The van der Waals surface area contributed by atoms with Crippen molar-refractivity contribution >= 4 is 28.9 Å².